The molecule has 0 aromatic carbocycles. The van der Waals surface area contributed by atoms with Gasteiger partial charge in [-0.05, 0) is 17.7 Å². The predicted octanol–water partition coefficient (Wildman–Crippen LogP) is 2.21. The van der Waals surface area contributed by atoms with Crippen molar-refractivity contribution in [2.45, 2.75) is 18.8 Å². The third kappa shape index (κ3) is 1.25. The zero-order valence-electron chi connectivity index (χ0n) is 6.25. The van der Waals surface area contributed by atoms with Crippen molar-refractivity contribution >= 4 is 0 Å². The zero-order chi connectivity index (χ0) is 7.52. The zero-order valence-corrected chi connectivity index (χ0v) is 6.25. The first-order valence-corrected chi connectivity index (χ1v) is 3.82. The molecule has 0 radical (unpaired) electrons. The van der Waals surface area contributed by atoms with E-state index in [9.17, 15) is 0 Å². The van der Waals surface area contributed by atoms with E-state index in [4.69, 9.17) is 0 Å². The number of aromatic nitrogens is 1. The van der Waals surface area contributed by atoms with Gasteiger partial charge in [-0.25, -0.2) is 0 Å². The quantitative estimate of drug-likeness (QED) is 0.552. The molecule has 0 amide bonds. The van der Waals surface area contributed by atoms with Gasteiger partial charge in [0.05, 0.1) is 0 Å². The molecule has 2 rings (SSSR count). The van der Waals surface area contributed by atoms with Crippen LogP contribution in [0.15, 0.2) is 24.5 Å². The van der Waals surface area contributed by atoms with Gasteiger partial charge in [-0.2, -0.15) is 0 Å². The monoisotopic (exact) mass is 145 g/mol. The molecule has 56 valence electrons. The van der Waals surface area contributed by atoms with Crippen LogP contribution in [0.5, 0.6) is 0 Å². The van der Waals surface area contributed by atoms with Crippen LogP contribution in [0.1, 0.15) is 25.7 Å². The normalized spacial score (nSPS) is 16.0. The molecule has 0 spiro atoms. The fourth-order valence-electron chi connectivity index (χ4n) is 1.33. The van der Waals surface area contributed by atoms with Crippen LogP contribution in [-0.2, 0) is 0 Å². The van der Waals surface area contributed by atoms with E-state index in [1.165, 1.54) is 5.56 Å². The summed E-state index contributed by atoms with van der Waals surface area (Å²) in [6, 6.07) is 4.14. The lowest BCUT2D eigenvalue weighted by molar-refractivity contribution is 0.760. The number of hydrogen-bond donors (Lipinski definition) is 0. The molecule has 0 unspecified atom stereocenters. The first kappa shape index (κ1) is 6.42. The topological polar surface area (TPSA) is 12.9 Å². The van der Waals surface area contributed by atoms with Crippen LogP contribution < -0.4 is 0 Å². The summed E-state index contributed by atoms with van der Waals surface area (Å²) in [6.45, 7) is 0. The molecule has 0 N–H and O–H groups in total. The first-order chi connectivity index (χ1) is 5.47. The van der Waals surface area contributed by atoms with E-state index < -0.39 is 0 Å². The van der Waals surface area contributed by atoms with Gasteiger partial charge in [-0.1, -0.05) is 0 Å². The van der Waals surface area contributed by atoms with Gasteiger partial charge in [0.25, 0.3) is 0 Å². The summed E-state index contributed by atoms with van der Waals surface area (Å²) < 4.78 is 0. The van der Waals surface area contributed by atoms with Crippen LogP contribution in [0.3, 0.4) is 0 Å². The minimum absolute atomic E-state index is 0. The van der Waals surface area contributed by atoms with E-state index >= 15 is 0 Å². The lowest BCUT2D eigenvalue weighted by atomic mass is 9.98. The summed E-state index contributed by atoms with van der Waals surface area (Å²) in [7, 11) is 0. The summed E-state index contributed by atoms with van der Waals surface area (Å²) in [5.41, 5.74) is 1.36. The van der Waals surface area contributed by atoms with Gasteiger partial charge in [0, 0.05) is 32.6 Å². The fourth-order valence-corrected chi connectivity index (χ4v) is 1.33. The van der Waals surface area contributed by atoms with Crippen LogP contribution >= 0.6 is 0 Å². The number of rotatable bonds is 1. The second-order valence-electron chi connectivity index (χ2n) is 2.74. The lowest BCUT2D eigenvalue weighted by Gasteiger charge is -2.06. The van der Waals surface area contributed by atoms with Crippen molar-refractivity contribution in [1.82, 2.24) is 4.98 Å². The Kier molecular flexibility index (Phi) is 1.61. The van der Waals surface area contributed by atoms with Gasteiger partial charge in [0.15, 0.2) is 0 Å². The van der Waals surface area contributed by atoms with Gasteiger partial charge < -0.3 is 0 Å². The highest BCUT2D eigenvalue weighted by molar-refractivity contribution is 5.24. The van der Waals surface area contributed by atoms with Crippen molar-refractivity contribution in [2.75, 3.05) is 0 Å². The molecule has 0 atom stereocenters. The van der Waals surface area contributed by atoms with Crippen molar-refractivity contribution in [1.29, 1.82) is 0 Å². The van der Waals surface area contributed by atoms with E-state index in [0.29, 0.717) is 5.92 Å². The third-order valence-electron chi connectivity index (χ3n) is 2.00. The van der Waals surface area contributed by atoms with Gasteiger partial charge in [-0.3, -0.25) is 4.98 Å². The van der Waals surface area contributed by atoms with Crippen molar-refractivity contribution in [2.24, 2.45) is 0 Å². The molecule has 0 saturated heterocycles. The van der Waals surface area contributed by atoms with Gasteiger partial charge in [-0.15, -0.1) is 11.8 Å². The molecule has 1 heteroatoms. The molecule has 0 bridgehead atoms. The van der Waals surface area contributed by atoms with Gasteiger partial charge in [0.1, 0.15) is 0 Å². The smallest absolute Gasteiger partial charge is 0.0270 e. The molecule has 0 aliphatic heterocycles. The van der Waals surface area contributed by atoms with Crippen LogP contribution in [0.4, 0.5) is 0 Å². The van der Waals surface area contributed by atoms with Crippen molar-refractivity contribution in [3.63, 3.8) is 0 Å². The lowest BCUT2D eigenvalue weighted by Crippen LogP contribution is -1.92. The Balaban J connectivity index is 0.000000720. The fraction of sp³-hybridized carbons (Fsp3) is 0.300. The molecule has 1 aromatic heterocycles. The van der Waals surface area contributed by atoms with Crippen molar-refractivity contribution in [3.05, 3.63) is 30.1 Å². The minimum Gasteiger partial charge on any atom is -0.265 e. The summed E-state index contributed by atoms with van der Waals surface area (Å²) >= 11 is 0. The summed E-state index contributed by atoms with van der Waals surface area (Å²) in [4.78, 5) is 3.98. The number of nitrogens with zero attached hydrogens (tertiary/aromatic N) is 1. The average Bonchev–Trinajstić information content (AvgIpc) is 2.58. The molecule has 1 aliphatic carbocycles. The van der Waals surface area contributed by atoms with Gasteiger partial charge >= 0.3 is 0 Å². The molecular weight excluding hydrogens is 134 g/mol. The van der Waals surface area contributed by atoms with Crippen LogP contribution in [0, 0.1) is 11.8 Å². The molecule has 1 heterocycles. The molecule has 0 saturated carbocycles. The predicted molar refractivity (Wildman–Crippen MR) is 46.1 cm³/mol. The largest absolute Gasteiger partial charge is 0.265 e. The Morgan fingerprint density at radius 3 is 2.55 bits per heavy atom. The number of hydrogen-bond acceptors (Lipinski definition) is 1. The molecule has 0 fully saturated rings. The molecule has 1 nitrogen and oxygen atoms in total. The van der Waals surface area contributed by atoms with Crippen molar-refractivity contribution in [3.8, 4) is 11.8 Å². The second-order valence-corrected chi connectivity index (χ2v) is 2.74. The van der Waals surface area contributed by atoms with Crippen LogP contribution in [-0.4, -0.2) is 4.98 Å². The standard InChI is InChI=1S/C10H9N.H2/c1-2-4-9(3-1)10-5-7-11-8-6-10;/h5-9H,3-4H2;1H. The molecule has 1 aromatic rings. The van der Waals surface area contributed by atoms with E-state index in [2.05, 4.69) is 29.0 Å². The molecule has 1 aliphatic rings. The molecule has 11 heavy (non-hydrogen) atoms. The maximum atomic E-state index is 3.98. The first-order valence-electron chi connectivity index (χ1n) is 3.82. The Morgan fingerprint density at radius 2 is 1.91 bits per heavy atom. The van der Waals surface area contributed by atoms with E-state index in [1.807, 2.05) is 12.4 Å². The van der Waals surface area contributed by atoms with E-state index in [1.54, 1.807) is 0 Å². The minimum atomic E-state index is 0. The summed E-state index contributed by atoms with van der Waals surface area (Å²) in [5, 5.41) is 0. The Hall–Kier alpha value is -1.29. The van der Waals surface area contributed by atoms with Gasteiger partial charge in [0.2, 0.25) is 0 Å². The van der Waals surface area contributed by atoms with Crippen LogP contribution in [0.2, 0.25) is 0 Å². The Bertz CT molecular complexity index is 287. The molecular formula is C10H11N. The van der Waals surface area contributed by atoms with Crippen molar-refractivity contribution < 1.29 is 1.43 Å². The van der Waals surface area contributed by atoms with E-state index in [0.717, 1.165) is 12.8 Å². The summed E-state index contributed by atoms with van der Waals surface area (Å²) in [6.07, 6.45) is 5.72. The second kappa shape index (κ2) is 2.75. The Morgan fingerprint density at radius 1 is 1.27 bits per heavy atom. The average molecular weight is 145 g/mol. The highest BCUT2D eigenvalue weighted by atomic mass is 14.6. The highest BCUT2D eigenvalue weighted by Crippen LogP contribution is 2.24. The summed E-state index contributed by atoms with van der Waals surface area (Å²) in [5.74, 6) is 6.81. The van der Waals surface area contributed by atoms with E-state index in [-0.39, 0.29) is 1.43 Å². The van der Waals surface area contributed by atoms with Crippen LogP contribution in [0.25, 0.3) is 0 Å². The maximum Gasteiger partial charge on any atom is 0.0270 e. The number of pyridine rings is 1. The maximum absolute atomic E-state index is 3.98. The Labute approximate surface area is 68.0 Å². The SMILES string of the molecule is C1#CCC(c2ccncc2)C1.[HH]. The third-order valence-corrected chi connectivity index (χ3v) is 2.00. The highest BCUT2D eigenvalue weighted by Gasteiger charge is 2.11.